The summed E-state index contributed by atoms with van der Waals surface area (Å²) in [7, 11) is 3.77. The highest BCUT2D eigenvalue weighted by atomic mass is 79.9. The Kier molecular flexibility index (Phi) is 5.30. The van der Waals surface area contributed by atoms with E-state index in [9.17, 15) is 0 Å². The maximum Gasteiger partial charge on any atom is 0.142 e. The van der Waals surface area contributed by atoms with Gasteiger partial charge in [0.2, 0.25) is 0 Å². The Morgan fingerprint density at radius 3 is 2.70 bits per heavy atom. The molecule has 0 aliphatic rings. The number of anilines is 2. The molecule has 0 heterocycles. The van der Waals surface area contributed by atoms with Crippen LogP contribution in [0.25, 0.3) is 0 Å². The zero-order chi connectivity index (χ0) is 14.4. The van der Waals surface area contributed by atoms with Crippen molar-refractivity contribution >= 4 is 27.3 Å². The zero-order valence-electron chi connectivity index (χ0n) is 11.8. The van der Waals surface area contributed by atoms with Crippen LogP contribution in [0.1, 0.15) is 0 Å². The predicted molar refractivity (Wildman–Crippen MR) is 88.9 cm³/mol. The van der Waals surface area contributed by atoms with Crippen molar-refractivity contribution in [2.75, 3.05) is 37.5 Å². The first-order valence-corrected chi connectivity index (χ1v) is 7.33. The monoisotopic (exact) mass is 334 g/mol. The average Bonchev–Trinajstić information content (AvgIpc) is 2.47. The highest BCUT2D eigenvalue weighted by Crippen LogP contribution is 2.26. The minimum absolute atomic E-state index is 0.866. The first-order valence-electron chi connectivity index (χ1n) is 6.54. The molecule has 2 aromatic rings. The Morgan fingerprint density at radius 2 is 1.95 bits per heavy atom. The lowest BCUT2D eigenvalue weighted by Crippen LogP contribution is -2.25. The number of likely N-dealkylation sites (N-methyl/N-ethyl adjacent to an activating group) is 1. The Bertz CT molecular complexity index is 560. The third-order valence-corrected chi connectivity index (χ3v) is 3.59. The molecule has 0 saturated heterocycles. The molecule has 106 valence electrons. The van der Waals surface area contributed by atoms with Crippen molar-refractivity contribution in [1.29, 1.82) is 0 Å². The maximum atomic E-state index is 5.38. The summed E-state index contributed by atoms with van der Waals surface area (Å²) in [5.74, 6) is 0.900. The molecule has 20 heavy (non-hydrogen) atoms. The molecule has 0 spiro atoms. The summed E-state index contributed by atoms with van der Waals surface area (Å²) in [6, 6.07) is 16.2. The molecule has 0 radical (unpaired) electrons. The van der Waals surface area contributed by atoms with Gasteiger partial charge in [-0.15, -0.1) is 0 Å². The van der Waals surface area contributed by atoms with Crippen molar-refractivity contribution in [3.8, 4) is 5.75 Å². The van der Waals surface area contributed by atoms with Crippen LogP contribution in [0.5, 0.6) is 5.75 Å². The summed E-state index contributed by atoms with van der Waals surface area (Å²) in [6.45, 7) is 1.76. The molecule has 1 N–H and O–H groups in total. The molecule has 0 amide bonds. The standard InChI is InChI=1S/C16H19BrN2O/c1-19(15-8-3-4-9-16(15)20-2)11-10-18-14-7-5-6-13(17)12-14/h3-9,12,18H,10-11H2,1-2H3. The number of benzene rings is 2. The van der Waals surface area contributed by atoms with E-state index in [1.54, 1.807) is 7.11 Å². The van der Waals surface area contributed by atoms with Gasteiger partial charge in [-0.3, -0.25) is 0 Å². The molecule has 2 rings (SSSR count). The van der Waals surface area contributed by atoms with Crippen LogP contribution in [0.3, 0.4) is 0 Å². The summed E-state index contributed by atoms with van der Waals surface area (Å²) in [4.78, 5) is 2.18. The van der Waals surface area contributed by atoms with Crippen LogP contribution >= 0.6 is 15.9 Å². The quantitative estimate of drug-likeness (QED) is 0.863. The molecule has 3 nitrogen and oxygen atoms in total. The van der Waals surface area contributed by atoms with E-state index in [1.807, 2.05) is 30.3 Å². The van der Waals surface area contributed by atoms with Crippen molar-refractivity contribution in [3.05, 3.63) is 53.0 Å². The van der Waals surface area contributed by atoms with E-state index in [1.165, 1.54) is 0 Å². The van der Waals surface area contributed by atoms with E-state index in [-0.39, 0.29) is 0 Å². The summed E-state index contributed by atoms with van der Waals surface area (Å²) < 4.78 is 6.46. The predicted octanol–water partition coefficient (Wildman–Crippen LogP) is 4.01. The van der Waals surface area contributed by atoms with Crippen molar-refractivity contribution in [2.45, 2.75) is 0 Å². The third kappa shape index (κ3) is 3.90. The molecule has 0 aromatic heterocycles. The van der Waals surface area contributed by atoms with Gasteiger partial charge in [0.25, 0.3) is 0 Å². The topological polar surface area (TPSA) is 24.5 Å². The van der Waals surface area contributed by atoms with E-state index in [0.717, 1.165) is 34.7 Å². The number of ether oxygens (including phenoxy) is 1. The molecule has 0 atom stereocenters. The second-order valence-corrected chi connectivity index (χ2v) is 5.45. The van der Waals surface area contributed by atoms with Crippen LogP contribution in [0.15, 0.2) is 53.0 Å². The van der Waals surface area contributed by atoms with Crippen LogP contribution < -0.4 is 15.0 Å². The Hall–Kier alpha value is -1.68. The number of rotatable bonds is 6. The summed E-state index contributed by atoms with van der Waals surface area (Å²) in [5, 5.41) is 3.41. The highest BCUT2D eigenvalue weighted by molar-refractivity contribution is 9.10. The lowest BCUT2D eigenvalue weighted by Gasteiger charge is -2.22. The fourth-order valence-corrected chi connectivity index (χ4v) is 2.43. The average molecular weight is 335 g/mol. The SMILES string of the molecule is COc1ccccc1N(C)CCNc1cccc(Br)c1. The van der Waals surface area contributed by atoms with Gasteiger partial charge in [-0.05, 0) is 30.3 Å². The van der Waals surface area contributed by atoms with Gasteiger partial charge in [0.1, 0.15) is 5.75 Å². The number of hydrogen-bond acceptors (Lipinski definition) is 3. The minimum atomic E-state index is 0.866. The van der Waals surface area contributed by atoms with E-state index in [0.29, 0.717) is 0 Å². The number of nitrogens with zero attached hydrogens (tertiary/aromatic N) is 1. The lowest BCUT2D eigenvalue weighted by atomic mass is 10.2. The Morgan fingerprint density at radius 1 is 1.15 bits per heavy atom. The normalized spacial score (nSPS) is 10.2. The molecule has 0 aliphatic carbocycles. The first kappa shape index (κ1) is 14.7. The van der Waals surface area contributed by atoms with Crippen LogP contribution in [0.4, 0.5) is 11.4 Å². The minimum Gasteiger partial charge on any atom is -0.495 e. The lowest BCUT2D eigenvalue weighted by molar-refractivity contribution is 0.415. The fourth-order valence-electron chi connectivity index (χ4n) is 2.03. The number of para-hydroxylation sites is 2. The van der Waals surface area contributed by atoms with E-state index < -0.39 is 0 Å². The molecule has 0 unspecified atom stereocenters. The molecule has 0 aliphatic heterocycles. The van der Waals surface area contributed by atoms with Gasteiger partial charge in [-0.2, -0.15) is 0 Å². The van der Waals surface area contributed by atoms with Crippen molar-refractivity contribution in [1.82, 2.24) is 0 Å². The summed E-state index contributed by atoms with van der Waals surface area (Å²) in [5.41, 5.74) is 2.22. The van der Waals surface area contributed by atoms with Crippen LogP contribution in [-0.4, -0.2) is 27.2 Å². The second kappa shape index (κ2) is 7.20. The van der Waals surface area contributed by atoms with Gasteiger partial charge in [0, 0.05) is 30.3 Å². The number of nitrogens with one attached hydrogen (secondary N) is 1. The van der Waals surface area contributed by atoms with E-state index in [2.05, 4.69) is 51.4 Å². The first-order chi connectivity index (χ1) is 9.70. The summed E-state index contributed by atoms with van der Waals surface area (Å²) >= 11 is 3.47. The molecule has 0 fully saturated rings. The molecular formula is C16H19BrN2O. The zero-order valence-corrected chi connectivity index (χ0v) is 13.4. The smallest absolute Gasteiger partial charge is 0.142 e. The Balaban J connectivity index is 1.90. The van der Waals surface area contributed by atoms with Gasteiger partial charge in [0.15, 0.2) is 0 Å². The van der Waals surface area contributed by atoms with Gasteiger partial charge in [-0.25, -0.2) is 0 Å². The highest BCUT2D eigenvalue weighted by Gasteiger charge is 2.06. The maximum absolute atomic E-state index is 5.38. The fraction of sp³-hybridized carbons (Fsp3) is 0.250. The number of methoxy groups -OCH3 is 1. The van der Waals surface area contributed by atoms with Crippen LogP contribution in [0, 0.1) is 0 Å². The molecule has 0 saturated carbocycles. The van der Waals surface area contributed by atoms with Crippen molar-refractivity contribution < 1.29 is 4.74 Å². The third-order valence-electron chi connectivity index (χ3n) is 3.10. The Labute approximate surface area is 128 Å². The van der Waals surface area contributed by atoms with Crippen molar-refractivity contribution in [3.63, 3.8) is 0 Å². The van der Waals surface area contributed by atoms with E-state index >= 15 is 0 Å². The second-order valence-electron chi connectivity index (χ2n) is 4.53. The van der Waals surface area contributed by atoms with Gasteiger partial charge in [0.05, 0.1) is 12.8 Å². The van der Waals surface area contributed by atoms with E-state index in [4.69, 9.17) is 4.74 Å². The summed E-state index contributed by atoms with van der Waals surface area (Å²) in [6.07, 6.45) is 0. The largest absolute Gasteiger partial charge is 0.495 e. The van der Waals surface area contributed by atoms with Gasteiger partial charge >= 0.3 is 0 Å². The molecule has 0 bridgehead atoms. The van der Waals surface area contributed by atoms with Gasteiger partial charge < -0.3 is 15.0 Å². The number of hydrogen-bond donors (Lipinski definition) is 1. The van der Waals surface area contributed by atoms with Gasteiger partial charge in [-0.1, -0.05) is 34.1 Å². The van der Waals surface area contributed by atoms with Crippen LogP contribution in [-0.2, 0) is 0 Å². The number of halogens is 1. The molecule has 2 aromatic carbocycles. The van der Waals surface area contributed by atoms with Crippen molar-refractivity contribution in [2.24, 2.45) is 0 Å². The molecular weight excluding hydrogens is 316 g/mol. The van der Waals surface area contributed by atoms with Crippen LogP contribution in [0.2, 0.25) is 0 Å². The molecule has 4 heteroatoms.